The molecule has 0 bridgehead atoms. The number of nitrogens with one attached hydrogen (secondary N) is 2. The van der Waals surface area contributed by atoms with E-state index >= 15 is 0 Å². The lowest BCUT2D eigenvalue weighted by Gasteiger charge is -2.06. The summed E-state index contributed by atoms with van der Waals surface area (Å²) in [6.45, 7) is 0.557. The van der Waals surface area contributed by atoms with E-state index in [1.807, 2.05) is 12.1 Å². The van der Waals surface area contributed by atoms with Gasteiger partial charge in [0, 0.05) is 5.69 Å². The zero-order valence-electron chi connectivity index (χ0n) is 10.2. The van der Waals surface area contributed by atoms with Gasteiger partial charge in [0.25, 0.3) is 0 Å². The fourth-order valence-electron chi connectivity index (χ4n) is 1.51. The smallest absolute Gasteiger partial charge is 0.240 e. The molecule has 5 nitrogen and oxygen atoms in total. The van der Waals surface area contributed by atoms with Crippen molar-refractivity contribution in [1.82, 2.24) is 4.72 Å². The number of rotatable bonds is 5. The minimum Gasteiger partial charge on any atom is -0.454 e. The highest BCUT2D eigenvalue weighted by atomic mass is 127. The summed E-state index contributed by atoms with van der Waals surface area (Å²) in [6.07, 6.45) is 0. The monoisotopic (exact) mass is 392 g/mol. The van der Waals surface area contributed by atoms with Gasteiger partial charge in [0.1, 0.15) is 5.76 Å². The Bertz CT molecular complexity index is 650. The summed E-state index contributed by atoms with van der Waals surface area (Å²) in [5.41, 5.74) is 0.835. The fourth-order valence-corrected chi connectivity index (χ4v) is 2.70. The van der Waals surface area contributed by atoms with Crippen molar-refractivity contribution in [1.29, 1.82) is 0 Å². The van der Waals surface area contributed by atoms with Gasteiger partial charge in [-0.25, -0.2) is 13.1 Å². The minimum atomic E-state index is -3.38. The van der Waals surface area contributed by atoms with Crippen molar-refractivity contribution in [3.63, 3.8) is 0 Å². The van der Waals surface area contributed by atoms with Crippen LogP contribution in [0.1, 0.15) is 5.76 Å². The van der Waals surface area contributed by atoms with Crippen molar-refractivity contribution in [2.24, 2.45) is 0 Å². The second-order valence-corrected chi connectivity index (χ2v) is 6.74. The summed E-state index contributed by atoms with van der Waals surface area (Å²) < 4.78 is 31.6. The van der Waals surface area contributed by atoms with Crippen LogP contribution in [-0.4, -0.2) is 15.5 Å². The molecule has 19 heavy (non-hydrogen) atoms. The van der Waals surface area contributed by atoms with Crippen LogP contribution in [0.5, 0.6) is 0 Å². The number of hydrogen-bond donors (Lipinski definition) is 2. The molecule has 0 spiro atoms. The zero-order chi connectivity index (χ0) is 13.9. The summed E-state index contributed by atoms with van der Waals surface area (Å²) in [5.74, 6) is 0.830. The van der Waals surface area contributed by atoms with E-state index in [-0.39, 0.29) is 4.90 Å². The van der Waals surface area contributed by atoms with E-state index in [1.54, 1.807) is 24.3 Å². The maximum absolute atomic E-state index is 11.5. The van der Waals surface area contributed by atoms with Crippen LogP contribution in [0.25, 0.3) is 0 Å². The maximum Gasteiger partial charge on any atom is 0.240 e. The van der Waals surface area contributed by atoms with Crippen molar-refractivity contribution in [3.8, 4) is 0 Å². The van der Waals surface area contributed by atoms with Crippen LogP contribution in [0.4, 0.5) is 5.69 Å². The molecule has 1 aromatic heterocycles. The highest BCUT2D eigenvalue weighted by Gasteiger charge is 2.10. The molecule has 0 saturated carbocycles. The Morgan fingerprint density at radius 2 is 1.84 bits per heavy atom. The van der Waals surface area contributed by atoms with Gasteiger partial charge in [-0.1, -0.05) is 0 Å². The predicted molar refractivity (Wildman–Crippen MR) is 81.4 cm³/mol. The van der Waals surface area contributed by atoms with Gasteiger partial charge in [-0.2, -0.15) is 0 Å². The third kappa shape index (κ3) is 3.71. The lowest BCUT2D eigenvalue weighted by molar-refractivity contribution is 0.493. The Balaban J connectivity index is 2.03. The number of furan rings is 1. The molecule has 1 heterocycles. The highest BCUT2D eigenvalue weighted by molar-refractivity contribution is 14.1. The summed E-state index contributed by atoms with van der Waals surface area (Å²) >= 11 is 2.10. The molecule has 0 atom stereocenters. The van der Waals surface area contributed by atoms with Crippen LogP contribution >= 0.6 is 22.6 Å². The number of halogens is 1. The van der Waals surface area contributed by atoms with Crippen molar-refractivity contribution < 1.29 is 12.8 Å². The molecule has 2 aromatic rings. The standard InChI is InChI=1S/C12H13IN2O3S/c1-14-19(16,17)11-5-2-9(3-6-11)15-8-10-4-7-12(13)18-10/h2-7,14-15H,8H2,1H3. The number of hydrogen-bond acceptors (Lipinski definition) is 4. The SMILES string of the molecule is CNS(=O)(=O)c1ccc(NCc2ccc(I)o2)cc1. The molecule has 102 valence electrons. The van der Waals surface area contributed by atoms with Crippen LogP contribution in [0.3, 0.4) is 0 Å². The average Bonchev–Trinajstić information content (AvgIpc) is 2.83. The normalized spacial score (nSPS) is 11.5. The lowest BCUT2D eigenvalue weighted by Crippen LogP contribution is -2.18. The molecule has 0 aliphatic rings. The number of benzene rings is 1. The van der Waals surface area contributed by atoms with E-state index < -0.39 is 10.0 Å². The molecule has 2 rings (SSSR count). The first kappa shape index (κ1) is 14.4. The van der Waals surface area contributed by atoms with Crippen LogP contribution in [0, 0.1) is 3.77 Å². The first-order valence-corrected chi connectivity index (χ1v) is 8.09. The van der Waals surface area contributed by atoms with E-state index in [4.69, 9.17) is 4.42 Å². The molecule has 1 aromatic carbocycles. The predicted octanol–water partition coefficient (Wildman–Crippen LogP) is 2.40. The van der Waals surface area contributed by atoms with Gasteiger partial charge in [-0.3, -0.25) is 0 Å². The fraction of sp³-hybridized carbons (Fsp3) is 0.167. The zero-order valence-corrected chi connectivity index (χ0v) is 13.2. The Kier molecular flexibility index (Phi) is 4.48. The van der Waals surface area contributed by atoms with E-state index in [1.165, 1.54) is 7.05 Å². The van der Waals surface area contributed by atoms with E-state index in [0.717, 1.165) is 15.2 Å². The molecular formula is C12H13IN2O3S. The Morgan fingerprint density at radius 1 is 1.16 bits per heavy atom. The van der Waals surface area contributed by atoms with E-state index in [9.17, 15) is 8.42 Å². The third-order valence-electron chi connectivity index (χ3n) is 2.53. The van der Waals surface area contributed by atoms with E-state index in [0.29, 0.717) is 6.54 Å². The van der Waals surface area contributed by atoms with Crippen LogP contribution in [0.15, 0.2) is 45.7 Å². The lowest BCUT2D eigenvalue weighted by atomic mass is 10.3. The summed E-state index contributed by atoms with van der Waals surface area (Å²) in [6, 6.07) is 10.3. The van der Waals surface area contributed by atoms with Gasteiger partial charge < -0.3 is 9.73 Å². The number of sulfonamides is 1. The first-order chi connectivity index (χ1) is 9.01. The van der Waals surface area contributed by atoms with Gasteiger partial charge in [-0.05, 0) is 66.0 Å². The van der Waals surface area contributed by atoms with Crippen molar-refractivity contribution in [3.05, 3.63) is 45.9 Å². The molecular weight excluding hydrogens is 379 g/mol. The summed E-state index contributed by atoms with van der Waals surface area (Å²) in [5, 5.41) is 3.16. The van der Waals surface area contributed by atoms with Crippen LogP contribution in [0.2, 0.25) is 0 Å². The second-order valence-electron chi connectivity index (χ2n) is 3.79. The number of anilines is 1. The van der Waals surface area contributed by atoms with Crippen LogP contribution < -0.4 is 10.0 Å². The maximum atomic E-state index is 11.5. The molecule has 0 radical (unpaired) electrons. The molecule has 0 fully saturated rings. The average molecular weight is 392 g/mol. The first-order valence-electron chi connectivity index (χ1n) is 5.53. The van der Waals surface area contributed by atoms with Crippen LogP contribution in [-0.2, 0) is 16.6 Å². The van der Waals surface area contributed by atoms with Crippen molar-refractivity contribution >= 4 is 38.3 Å². The quantitative estimate of drug-likeness (QED) is 0.767. The molecule has 0 aliphatic carbocycles. The highest BCUT2D eigenvalue weighted by Crippen LogP contribution is 2.16. The Labute approximate surface area is 125 Å². The van der Waals surface area contributed by atoms with Crippen molar-refractivity contribution in [2.45, 2.75) is 11.4 Å². The molecule has 0 saturated heterocycles. The van der Waals surface area contributed by atoms with Crippen molar-refractivity contribution in [2.75, 3.05) is 12.4 Å². The molecule has 7 heteroatoms. The van der Waals surface area contributed by atoms with Gasteiger partial charge >= 0.3 is 0 Å². The molecule has 2 N–H and O–H groups in total. The summed E-state index contributed by atoms with van der Waals surface area (Å²) in [4.78, 5) is 0.244. The Morgan fingerprint density at radius 3 is 2.37 bits per heavy atom. The second kappa shape index (κ2) is 5.93. The minimum absolute atomic E-state index is 0.244. The topological polar surface area (TPSA) is 71.3 Å². The van der Waals surface area contributed by atoms with Gasteiger partial charge in [0.2, 0.25) is 10.0 Å². The largest absolute Gasteiger partial charge is 0.454 e. The van der Waals surface area contributed by atoms with Gasteiger partial charge in [-0.15, -0.1) is 0 Å². The third-order valence-corrected chi connectivity index (χ3v) is 4.54. The summed E-state index contributed by atoms with van der Waals surface area (Å²) in [7, 11) is -1.99. The Hall–Kier alpha value is -1.06. The van der Waals surface area contributed by atoms with Gasteiger partial charge in [0.15, 0.2) is 3.77 Å². The van der Waals surface area contributed by atoms with E-state index in [2.05, 4.69) is 32.6 Å². The molecule has 0 aliphatic heterocycles. The molecule has 0 amide bonds. The van der Waals surface area contributed by atoms with Gasteiger partial charge in [0.05, 0.1) is 11.4 Å². The molecule has 0 unspecified atom stereocenters.